The maximum Gasteiger partial charge on any atom is 0.265 e. The Morgan fingerprint density at radius 3 is 2.96 bits per heavy atom. The minimum atomic E-state index is -0.0313. The highest BCUT2D eigenvalue weighted by atomic mass is 16.5. The van der Waals surface area contributed by atoms with E-state index in [1.54, 1.807) is 4.90 Å². The number of imidazole rings is 1. The zero-order valence-electron chi connectivity index (χ0n) is 13.4. The first kappa shape index (κ1) is 14.7. The fourth-order valence-corrected chi connectivity index (χ4v) is 3.17. The number of aromatic nitrogens is 2. The fourth-order valence-electron chi connectivity index (χ4n) is 3.17. The second-order valence-electron chi connectivity index (χ2n) is 5.65. The molecule has 0 fully saturated rings. The average Bonchev–Trinajstić information content (AvgIpc) is 2.99. The molecule has 6 heteroatoms. The van der Waals surface area contributed by atoms with Gasteiger partial charge < -0.3 is 19.8 Å². The van der Waals surface area contributed by atoms with Crippen LogP contribution >= 0.6 is 0 Å². The van der Waals surface area contributed by atoms with Crippen LogP contribution < -0.4 is 15.4 Å². The Kier molecular flexibility index (Phi) is 3.46. The van der Waals surface area contributed by atoms with Crippen LogP contribution in [0.15, 0.2) is 42.6 Å². The van der Waals surface area contributed by atoms with Crippen LogP contribution in [0.5, 0.6) is 5.75 Å². The predicted molar refractivity (Wildman–Crippen MR) is 92.0 cm³/mol. The van der Waals surface area contributed by atoms with Gasteiger partial charge in [0.1, 0.15) is 11.4 Å². The number of carbonyl (C=O) groups excluding carboxylic acids is 1. The largest absolute Gasteiger partial charge is 0.482 e. The molecule has 2 N–H and O–H groups in total. The summed E-state index contributed by atoms with van der Waals surface area (Å²) in [6.07, 6.45) is 1.96. The summed E-state index contributed by atoms with van der Waals surface area (Å²) in [4.78, 5) is 18.5. The molecule has 0 saturated carbocycles. The Bertz CT molecular complexity index is 932. The number of nitrogens with two attached hydrogens (primary N) is 1. The van der Waals surface area contributed by atoms with Crippen LogP contribution in [0.3, 0.4) is 0 Å². The van der Waals surface area contributed by atoms with Crippen molar-refractivity contribution in [1.29, 1.82) is 0 Å². The molecule has 6 nitrogen and oxygen atoms in total. The van der Waals surface area contributed by atoms with Gasteiger partial charge in [-0.15, -0.1) is 0 Å². The van der Waals surface area contributed by atoms with Crippen LogP contribution in [0.1, 0.15) is 12.6 Å². The first-order valence-corrected chi connectivity index (χ1v) is 7.96. The minimum absolute atomic E-state index is 0.0313. The maximum absolute atomic E-state index is 12.1. The molecule has 4 rings (SSSR count). The van der Waals surface area contributed by atoms with E-state index in [0.29, 0.717) is 13.1 Å². The summed E-state index contributed by atoms with van der Waals surface area (Å²) in [6, 6.07) is 11.7. The van der Waals surface area contributed by atoms with E-state index in [4.69, 9.17) is 15.5 Å². The van der Waals surface area contributed by atoms with E-state index in [-0.39, 0.29) is 12.5 Å². The third kappa shape index (κ3) is 2.15. The SMILES string of the molecule is CCN1C(=O)COc2ccc(-c3nc4ccccn4c3CN)cc21. The van der Waals surface area contributed by atoms with Gasteiger partial charge in [-0.2, -0.15) is 0 Å². The van der Waals surface area contributed by atoms with Gasteiger partial charge in [-0.25, -0.2) is 4.98 Å². The number of carbonyl (C=O) groups is 1. The van der Waals surface area contributed by atoms with Gasteiger partial charge in [-0.05, 0) is 37.3 Å². The summed E-state index contributed by atoms with van der Waals surface area (Å²) in [5.41, 5.74) is 10.3. The van der Waals surface area contributed by atoms with Crippen LogP contribution in [0.25, 0.3) is 16.9 Å². The van der Waals surface area contributed by atoms with Crippen LogP contribution in [0.2, 0.25) is 0 Å². The number of pyridine rings is 1. The lowest BCUT2D eigenvalue weighted by Gasteiger charge is -2.28. The van der Waals surface area contributed by atoms with Gasteiger partial charge in [0, 0.05) is 24.8 Å². The number of hydrogen-bond acceptors (Lipinski definition) is 4. The molecule has 1 aliphatic heterocycles. The summed E-state index contributed by atoms with van der Waals surface area (Å²) < 4.78 is 7.53. The van der Waals surface area contributed by atoms with E-state index < -0.39 is 0 Å². The fraction of sp³-hybridized carbons (Fsp3) is 0.222. The van der Waals surface area contributed by atoms with E-state index in [1.165, 1.54) is 0 Å². The zero-order valence-corrected chi connectivity index (χ0v) is 13.4. The second-order valence-corrected chi connectivity index (χ2v) is 5.65. The molecule has 0 bridgehead atoms. The van der Waals surface area contributed by atoms with Crippen molar-refractivity contribution in [3.8, 4) is 17.0 Å². The molecule has 0 atom stereocenters. The number of nitrogens with zero attached hydrogens (tertiary/aromatic N) is 3. The van der Waals surface area contributed by atoms with Crippen molar-refractivity contribution in [3.05, 3.63) is 48.3 Å². The van der Waals surface area contributed by atoms with E-state index in [1.807, 2.05) is 53.9 Å². The molecule has 0 saturated heterocycles. The topological polar surface area (TPSA) is 72.9 Å². The molecule has 122 valence electrons. The standard InChI is InChI=1S/C18H18N4O2/c1-2-21-13-9-12(6-7-15(13)24-11-17(21)23)18-14(10-19)22-8-4-3-5-16(22)20-18/h3-9H,2,10-11,19H2,1H3. The van der Waals surface area contributed by atoms with Crippen molar-refractivity contribution >= 4 is 17.2 Å². The van der Waals surface area contributed by atoms with Crippen molar-refractivity contribution in [1.82, 2.24) is 9.38 Å². The summed E-state index contributed by atoms with van der Waals surface area (Å²) in [5.74, 6) is 0.689. The Morgan fingerprint density at radius 2 is 2.17 bits per heavy atom. The molecule has 1 amide bonds. The summed E-state index contributed by atoms with van der Waals surface area (Å²) in [7, 11) is 0. The quantitative estimate of drug-likeness (QED) is 0.802. The van der Waals surface area contributed by atoms with Crippen molar-refractivity contribution in [2.24, 2.45) is 5.73 Å². The van der Waals surface area contributed by atoms with E-state index in [2.05, 4.69) is 0 Å². The lowest BCUT2D eigenvalue weighted by atomic mass is 10.1. The smallest absolute Gasteiger partial charge is 0.265 e. The lowest BCUT2D eigenvalue weighted by Crippen LogP contribution is -2.38. The van der Waals surface area contributed by atoms with Crippen LogP contribution in [0, 0.1) is 0 Å². The highest BCUT2D eigenvalue weighted by molar-refractivity contribution is 5.98. The number of anilines is 1. The molecule has 24 heavy (non-hydrogen) atoms. The second kappa shape index (κ2) is 5.65. The first-order valence-electron chi connectivity index (χ1n) is 7.96. The van der Waals surface area contributed by atoms with Crippen LogP contribution in [-0.4, -0.2) is 28.4 Å². The summed E-state index contributed by atoms with van der Waals surface area (Å²) >= 11 is 0. The molecule has 1 aliphatic rings. The molecule has 2 aromatic heterocycles. The third-order valence-electron chi connectivity index (χ3n) is 4.31. The van der Waals surface area contributed by atoms with Crippen molar-refractivity contribution < 1.29 is 9.53 Å². The highest BCUT2D eigenvalue weighted by Gasteiger charge is 2.25. The van der Waals surface area contributed by atoms with Gasteiger partial charge in [0.05, 0.1) is 17.1 Å². The van der Waals surface area contributed by atoms with E-state index in [9.17, 15) is 4.79 Å². The Balaban J connectivity index is 1.89. The van der Waals surface area contributed by atoms with Crippen molar-refractivity contribution in [2.45, 2.75) is 13.5 Å². The maximum atomic E-state index is 12.1. The monoisotopic (exact) mass is 322 g/mol. The van der Waals surface area contributed by atoms with Gasteiger partial charge in [0.15, 0.2) is 6.61 Å². The molecule has 3 heterocycles. The minimum Gasteiger partial charge on any atom is -0.482 e. The lowest BCUT2D eigenvalue weighted by molar-refractivity contribution is -0.121. The molecule has 3 aromatic rings. The predicted octanol–water partition coefficient (Wildman–Crippen LogP) is 2.21. The highest BCUT2D eigenvalue weighted by Crippen LogP contribution is 2.36. The van der Waals surface area contributed by atoms with Gasteiger partial charge in [0.2, 0.25) is 0 Å². The molecule has 1 aromatic carbocycles. The number of hydrogen-bond donors (Lipinski definition) is 1. The molecular formula is C18H18N4O2. The van der Waals surface area contributed by atoms with Crippen molar-refractivity contribution in [3.63, 3.8) is 0 Å². The molecular weight excluding hydrogens is 304 g/mol. The third-order valence-corrected chi connectivity index (χ3v) is 4.31. The number of ether oxygens (including phenoxy) is 1. The van der Waals surface area contributed by atoms with Gasteiger partial charge in [-0.1, -0.05) is 6.07 Å². The molecule has 0 aliphatic carbocycles. The van der Waals surface area contributed by atoms with Crippen LogP contribution in [0.4, 0.5) is 5.69 Å². The number of fused-ring (bicyclic) bond motifs is 2. The molecule has 0 spiro atoms. The van der Waals surface area contributed by atoms with Crippen molar-refractivity contribution in [2.75, 3.05) is 18.1 Å². The van der Waals surface area contributed by atoms with Gasteiger partial charge in [-0.3, -0.25) is 4.79 Å². The summed E-state index contributed by atoms with van der Waals surface area (Å²) in [5, 5.41) is 0. The van der Waals surface area contributed by atoms with E-state index in [0.717, 1.165) is 34.0 Å². The molecule has 0 unspecified atom stereocenters. The van der Waals surface area contributed by atoms with Gasteiger partial charge in [0.25, 0.3) is 5.91 Å². The van der Waals surface area contributed by atoms with Crippen LogP contribution in [-0.2, 0) is 11.3 Å². The first-order chi connectivity index (χ1) is 11.7. The average molecular weight is 322 g/mol. The van der Waals surface area contributed by atoms with Gasteiger partial charge >= 0.3 is 0 Å². The summed E-state index contributed by atoms with van der Waals surface area (Å²) in [6.45, 7) is 3.02. The van der Waals surface area contributed by atoms with E-state index >= 15 is 0 Å². The Labute approximate surface area is 139 Å². The Morgan fingerprint density at radius 1 is 1.29 bits per heavy atom. The zero-order chi connectivity index (χ0) is 16.7. The number of likely N-dealkylation sites (N-methyl/N-ethyl adjacent to an activating group) is 1. The number of rotatable bonds is 3. The number of benzene rings is 1. The Hall–Kier alpha value is -2.86. The molecule has 0 radical (unpaired) electrons. The number of amides is 1. The normalized spacial score (nSPS) is 13.9.